The highest BCUT2D eigenvalue weighted by Gasteiger charge is 2.31. The van der Waals surface area contributed by atoms with Crippen molar-refractivity contribution in [2.75, 3.05) is 30.4 Å². The Morgan fingerprint density at radius 1 is 1.10 bits per heavy atom. The topological polar surface area (TPSA) is 79.9 Å². The van der Waals surface area contributed by atoms with Gasteiger partial charge in [-0.1, -0.05) is 0 Å². The Labute approximate surface area is 176 Å². The van der Waals surface area contributed by atoms with E-state index in [-0.39, 0.29) is 18.0 Å². The van der Waals surface area contributed by atoms with E-state index in [1.54, 1.807) is 42.5 Å². The fourth-order valence-corrected chi connectivity index (χ4v) is 4.02. The zero-order valence-corrected chi connectivity index (χ0v) is 17.1. The molecule has 0 bridgehead atoms. The van der Waals surface area contributed by atoms with Crippen molar-refractivity contribution in [2.24, 2.45) is 0 Å². The van der Waals surface area contributed by atoms with Crippen LogP contribution in [0, 0.1) is 0 Å². The van der Waals surface area contributed by atoms with Crippen molar-refractivity contribution in [3.05, 3.63) is 48.0 Å². The summed E-state index contributed by atoms with van der Waals surface area (Å²) in [7, 11) is 0. The zero-order chi connectivity index (χ0) is 20.9. The van der Waals surface area contributed by atoms with Gasteiger partial charge in [-0.15, -0.1) is 0 Å². The molecule has 0 radical (unpaired) electrons. The molecule has 2 aromatic carbocycles. The average Bonchev–Trinajstić information content (AvgIpc) is 2.75. The van der Waals surface area contributed by atoms with Crippen molar-refractivity contribution < 1.29 is 19.1 Å². The van der Waals surface area contributed by atoms with Crippen molar-refractivity contribution in [1.29, 1.82) is 0 Å². The molecule has 2 aromatic rings. The Morgan fingerprint density at radius 3 is 2.67 bits per heavy atom. The van der Waals surface area contributed by atoms with E-state index in [1.165, 1.54) is 0 Å². The van der Waals surface area contributed by atoms with E-state index in [2.05, 4.69) is 10.6 Å². The van der Waals surface area contributed by atoms with Gasteiger partial charge >= 0.3 is 6.03 Å². The number of urea groups is 1. The number of carbonyl (C=O) groups is 2. The molecule has 1 unspecified atom stereocenters. The third-order valence-electron chi connectivity index (χ3n) is 5.49. The number of amides is 3. The fourth-order valence-electron chi connectivity index (χ4n) is 4.02. The molecule has 158 valence electrons. The maximum Gasteiger partial charge on any atom is 0.323 e. The molecule has 1 saturated heterocycles. The highest BCUT2D eigenvalue weighted by atomic mass is 16.5. The van der Waals surface area contributed by atoms with Crippen LogP contribution in [0.15, 0.2) is 42.5 Å². The third-order valence-corrected chi connectivity index (χ3v) is 5.49. The van der Waals surface area contributed by atoms with E-state index in [4.69, 9.17) is 9.47 Å². The Kier molecular flexibility index (Phi) is 6.07. The summed E-state index contributed by atoms with van der Waals surface area (Å²) in [6, 6.07) is 12.2. The maximum absolute atomic E-state index is 13.1. The SMILES string of the molecule is CCOc1ccc(NC(=O)Nc2ccc3c(c2)C(=O)N2CCCCC2CCO3)cc1. The quantitative estimate of drug-likeness (QED) is 0.779. The van der Waals surface area contributed by atoms with E-state index in [9.17, 15) is 9.59 Å². The van der Waals surface area contributed by atoms with Crippen LogP contribution in [0.25, 0.3) is 0 Å². The molecule has 30 heavy (non-hydrogen) atoms. The minimum absolute atomic E-state index is 0.0232. The first-order valence-corrected chi connectivity index (χ1v) is 10.5. The van der Waals surface area contributed by atoms with Gasteiger partial charge in [0.15, 0.2) is 0 Å². The summed E-state index contributed by atoms with van der Waals surface area (Å²) in [4.78, 5) is 27.5. The Morgan fingerprint density at radius 2 is 1.87 bits per heavy atom. The van der Waals surface area contributed by atoms with Crippen LogP contribution < -0.4 is 20.1 Å². The van der Waals surface area contributed by atoms with Crippen molar-refractivity contribution in [3.63, 3.8) is 0 Å². The molecule has 2 N–H and O–H groups in total. The van der Waals surface area contributed by atoms with Gasteiger partial charge in [-0.25, -0.2) is 4.79 Å². The van der Waals surface area contributed by atoms with Crippen LogP contribution in [-0.2, 0) is 0 Å². The largest absolute Gasteiger partial charge is 0.494 e. The molecule has 4 rings (SSSR count). The highest BCUT2D eigenvalue weighted by Crippen LogP contribution is 2.31. The lowest BCUT2D eigenvalue weighted by atomic mass is 9.97. The summed E-state index contributed by atoms with van der Waals surface area (Å²) in [5.41, 5.74) is 1.70. The molecule has 0 spiro atoms. The number of piperidine rings is 1. The van der Waals surface area contributed by atoms with E-state index in [1.807, 2.05) is 11.8 Å². The molecule has 0 aliphatic carbocycles. The first-order valence-electron chi connectivity index (χ1n) is 10.5. The van der Waals surface area contributed by atoms with Crippen LogP contribution in [0.4, 0.5) is 16.2 Å². The van der Waals surface area contributed by atoms with Crippen molar-refractivity contribution in [3.8, 4) is 11.5 Å². The molecule has 7 nitrogen and oxygen atoms in total. The second-order valence-electron chi connectivity index (χ2n) is 7.53. The summed E-state index contributed by atoms with van der Waals surface area (Å²) in [6.45, 7) is 3.88. The van der Waals surface area contributed by atoms with Gasteiger partial charge in [-0.3, -0.25) is 4.79 Å². The minimum atomic E-state index is -0.380. The average molecular weight is 409 g/mol. The fraction of sp³-hybridized carbons (Fsp3) is 0.391. The second kappa shape index (κ2) is 9.07. The number of nitrogens with zero attached hydrogens (tertiary/aromatic N) is 1. The predicted molar refractivity (Wildman–Crippen MR) is 115 cm³/mol. The van der Waals surface area contributed by atoms with Crippen molar-refractivity contribution >= 4 is 23.3 Å². The normalized spacial score (nSPS) is 18.2. The van der Waals surface area contributed by atoms with Gasteiger partial charge in [0.2, 0.25) is 0 Å². The van der Waals surface area contributed by atoms with Gasteiger partial charge < -0.3 is 25.0 Å². The Bertz CT molecular complexity index is 913. The molecule has 2 aliphatic rings. The van der Waals surface area contributed by atoms with Crippen LogP contribution in [-0.4, -0.2) is 42.6 Å². The number of nitrogens with one attached hydrogen (secondary N) is 2. The molecule has 1 atom stereocenters. The zero-order valence-electron chi connectivity index (χ0n) is 17.1. The molecule has 2 heterocycles. The lowest BCUT2D eigenvalue weighted by Crippen LogP contribution is -2.45. The summed E-state index contributed by atoms with van der Waals surface area (Å²) in [5, 5.41) is 5.59. The van der Waals surface area contributed by atoms with Gasteiger partial charge in [0, 0.05) is 30.4 Å². The number of fused-ring (bicyclic) bond motifs is 2. The van der Waals surface area contributed by atoms with Crippen LogP contribution in [0.5, 0.6) is 11.5 Å². The number of hydrogen-bond acceptors (Lipinski definition) is 4. The number of hydrogen-bond donors (Lipinski definition) is 2. The van der Waals surface area contributed by atoms with Gasteiger partial charge in [-0.2, -0.15) is 0 Å². The van der Waals surface area contributed by atoms with Crippen LogP contribution in [0.2, 0.25) is 0 Å². The highest BCUT2D eigenvalue weighted by molar-refractivity contribution is 6.02. The van der Waals surface area contributed by atoms with E-state index < -0.39 is 0 Å². The molecule has 0 saturated carbocycles. The maximum atomic E-state index is 13.1. The van der Waals surface area contributed by atoms with E-state index in [0.29, 0.717) is 35.9 Å². The van der Waals surface area contributed by atoms with Crippen molar-refractivity contribution in [1.82, 2.24) is 4.90 Å². The molecule has 7 heteroatoms. The van der Waals surface area contributed by atoms with Gasteiger partial charge in [-0.05, 0) is 68.7 Å². The van der Waals surface area contributed by atoms with Crippen LogP contribution in [0.3, 0.4) is 0 Å². The summed E-state index contributed by atoms with van der Waals surface area (Å²) in [6.07, 6.45) is 4.05. The van der Waals surface area contributed by atoms with Crippen molar-refractivity contribution in [2.45, 2.75) is 38.6 Å². The first kappa shape index (κ1) is 20.1. The molecule has 0 aromatic heterocycles. The Balaban J connectivity index is 1.46. The van der Waals surface area contributed by atoms with Crippen LogP contribution >= 0.6 is 0 Å². The van der Waals surface area contributed by atoms with E-state index >= 15 is 0 Å². The van der Waals surface area contributed by atoms with Crippen LogP contribution in [0.1, 0.15) is 43.0 Å². The smallest absolute Gasteiger partial charge is 0.323 e. The standard InChI is InChI=1S/C23H27N3O4/c1-2-29-19-9-6-16(7-10-19)24-23(28)25-17-8-11-21-20(15-17)22(27)26-13-4-3-5-18(26)12-14-30-21/h6-11,15,18H,2-5,12-14H2,1H3,(H2,24,25,28). The minimum Gasteiger partial charge on any atom is -0.494 e. The number of carbonyl (C=O) groups excluding carboxylic acids is 2. The van der Waals surface area contributed by atoms with Gasteiger partial charge in [0.1, 0.15) is 11.5 Å². The number of ether oxygens (including phenoxy) is 2. The second-order valence-corrected chi connectivity index (χ2v) is 7.53. The molecular weight excluding hydrogens is 382 g/mol. The number of rotatable bonds is 4. The monoisotopic (exact) mass is 409 g/mol. The van der Waals surface area contributed by atoms with Gasteiger partial charge in [0.05, 0.1) is 18.8 Å². The number of anilines is 2. The first-order chi connectivity index (χ1) is 14.6. The summed E-state index contributed by atoms with van der Waals surface area (Å²) < 4.78 is 11.3. The van der Waals surface area contributed by atoms with E-state index in [0.717, 1.165) is 38.0 Å². The summed E-state index contributed by atoms with van der Waals surface area (Å²) >= 11 is 0. The molecule has 2 aliphatic heterocycles. The lowest BCUT2D eigenvalue weighted by Gasteiger charge is -2.37. The molecule has 3 amide bonds. The molecular formula is C23H27N3O4. The number of benzene rings is 2. The third kappa shape index (κ3) is 4.50. The molecule has 1 fully saturated rings. The Hall–Kier alpha value is -3.22. The lowest BCUT2D eigenvalue weighted by molar-refractivity contribution is 0.0548. The predicted octanol–water partition coefficient (Wildman–Crippen LogP) is 4.51. The summed E-state index contributed by atoms with van der Waals surface area (Å²) in [5.74, 6) is 1.30. The van der Waals surface area contributed by atoms with Gasteiger partial charge in [0.25, 0.3) is 5.91 Å².